The molecule has 0 bridgehead atoms. The molecule has 0 saturated carbocycles. The zero-order valence-corrected chi connectivity index (χ0v) is 19.1. The van der Waals surface area contributed by atoms with Gasteiger partial charge in [-0.05, 0) is 30.2 Å². The molecule has 164 valence electrons. The quantitative estimate of drug-likeness (QED) is 0.316. The van der Waals surface area contributed by atoms with Crippen molar-refractivity contribution in [2.45, 2.75) is 17.0 Å². The second-order valence-corrected chi connectivity index (χ2v) is 9.96. The fourth-order valence-electron chi connectivity index (χ4n) is 3.25. The largest absolute Gasteiger partial charge is 0.467 e. The molecule has 2 aromatic carbocycles. The number of rotatable bonds is 7. The Balaban J connectivity index is 1.87. The molecule has 1 atom stereocenters. The van der Waals surface area contributed by atoms with Crippen LogP contribution in [-0.4, -0.2) is 50.3 Å². The van der Waals surface area contributed by atoms with E-state index >= 15 is 0 Å². The monoisotopic (exact) mass is 453 g/mol. The molecule has 0 spiro atoms. The fourth-order valence-corrected chi connectivity index (χ4v) is 4.26. The number of ketones is 1. The SMILES string of the molecule is BC(B)(c1ccccc1)S(=O)(=O)OC1=C(N)O[C@](B)(c2ccc(C(=O)OCC)cc2)C1=O. The smallest absolute Gasteiger partial charge is 0.338 e. The fraction of sp³-hybridized carbons (Fsp3) is 0.200. The highest BCUT2D eigenvalue weighted by Crippen LogP contribution is 2.38. The molecule has 8 nitrogen and oxygen atoms in total. The van der Waals surface area contributed by atoms with Crippen LogP contribution in [0.15, 0.2) is 66.2 Å². The number of hydrogen-bond acceptors (Lipinski definition) is 8. The Bertz CT molecular complexity index is 1180. The van der Waals surface area contributed by atoms with Crippen molar-refractivity contribution in [1.82, 2.24) is 0 Å². The summed E-state index contributed by atoms with van der Waals surface area (Å²) < 4.78 is 40.4. The van der Waals surface area contributed by atoms with Gasteiger partial charge < -0.3 is 19.4 Å². The van der Waals surface area contributed by atoms with Gasteiger partial charge in [0.05, 0.1) is 16.7 Å². The number of hydrogen-bond donors (Lipinski definition) is 1. The second-order valence-electron chi connectivity index (χ2n) is 7.87. The Labute approximate surface area is 189 Å². The number of nitrogens with two attached hydrogens (primary N) is 1. The lowest BCUT2D eigenvalue weighted by atomic mass is 9.65. The standard InChI is InChI=1S/C20H22B3NO7S/c1-2-29-18(26)12-8-10-13(11-9-12)19(21)16(25)15(17(24)30-19)31-32(27,28)20(22,23)14-6-4-3-5-7-14/h3-11H,2,21-24H2,1H3/t19-/m1/s1. The number of carbonyl (C=O) groups excluding carboxylic acids is 2. The van der Waals surface area contributed by atoms with Crippen molar-refractivity contribution in [2.75, 3.05) is 6.61 Å². The van der Waals surface area contributed by atoms with Crippen LogP contribution in [0.25, 0.3) is 0 Å². The molecule has 0 fully saturated rings. The minimum absolute atomic E-state index is 0.231. The maximum atomic E-state index is 13.2. The first kappa shape index (κ1) is 23.5. The lowest BCUT2D eigenvalue weighted by Gasteiger charge is -2.26. The van der Waals surface area contributed by atoms with Gasteiger partial charge >= 0.3 is 16.1 Å². The van der Waals surface area contributed by atoms with Crippen molar-refractivity contribution in [3.63, 3.8) is 0 Å². The van der Waals surface area contributed by atoms with Crippen molar-refractivity contribution in [1.29, 1.82) is 0 Å². The number of esters is 1. The van der Waals surface area contributed by atoms with Crippen LogP contribution in [0.4, 0.5) is 0 Å². The van der Waals surface area contributed by atoms with E-state index in [1.54, 1.807) is 37.3 Å². The van der Waals surface area contributed by atoms with E-state index in [0.29, 0.717) is 16.7 Å². The summed E-state index contributed by atoms with van der Waals surface area (Å²) >= 11 is 0. The van der Waals surface area contributed by atoms with Gasteiger partial charge in [0.2, 0.25) is 17.4 Å². The minimum atomic E-state index is -4.32. The average Bonchev–Trinajstić information content (AvgIpc) is 2.98. The van der Waals surface area contributed by atoms with Crippen LogP contribution in [0.5, 0.6) is 0 Å². The van der Waals surface area contributed by atoms with Gasteiger partial charge in [-0.1, -0.05) is 42.5 Å². The highest BCUT2D eigenvalue weighted by atomic mass is 32.2. The van der Waals surface area contributed by atoms with Crippen molar-refractivity contribution in [2.24, 2.45) is 5.73 Å². The van der Waals surface area contributed by atoms with Crippen LogP contribution in [0.3, 0.4) is 0 Å². The molecule has 0 aliphatic carbocycles. The van der Waals surface area contributed by atoms with Crippen molar-refractivity contribution in [3.8, 4) is 0 Å². The van der Waals surface area contributed by atoms with Crippen molar-refractivity contribution in [3.05, 3.63) is 82.9 Å². The van der Waals surface area contributed by atoms with E-state index in [9.17, 15) is 18.0 Å². The van der Waals surface area contributed by atoms with Crippen LogP contribution in [0.2, 0.25) is 0 Å². The predicted octanol–water partition coefficient (Wildman–Crippen LogP) is -1.20. The van der Waals surface area contributed by atoms with Crippen LogP contribution in [0.1, 0.15) is 28.4 Å². The molecule has 12 heteroatoms. The molecule has 32 heavy (non-hydrogen) atoms. The lowest BCUT2D eigenvalue weighted by Crippen LogP contribution is -2.40. The van der Waals surface area contributed by atoms with Gasteiger partial charge in [-0.2, -0.15) is 8.42 Å². The first-order chi connectivity index (χ1) is 14.9. The van der Waals surface area contributed by atoms with Gasteiger partial charge in [-0.3, -0.25) is 4.79 Å². The maximum Gasteiger partial charge on any atom is 0.338 e. The molecule has 0 unspecified atom stereocenters. The Hall–Kier alpha value is -3.14. The Morgan fingerprint density at radius 2 is 1.72 bits per heavy atom. The van der Waals surface area contributed by atoms with E-state index in [2.05, 4.69) is 0 Å². The Kier molecular flexibility index (Phi) is 6.19. The molecule has 0 amide bonds. The molecule has 1 heterocycles. The van der Waals surface area contributed by atoms with Gasteiger partial charge in [-0.25, -0.2) is 4.79 Å². The third-order valence-electron chi connectivity index (χ3n) is 5.41. The number of benzene rings is 2. The molecule has 3 rings (SSSR count). The van der Waals surface area contributed by atoms with E-state index in [4.69, 9.17) is 19.4 Å². The molecular formula is C20H22B3NO7S. The summed E-state index contributed by atoms with van der Waals surface area (Å²) in [7, 11) is 0.0810. The summed E-state index contributed by atoms with van der Waals surface area (Å²) in [5.74, 6) is -2.25. The van der Waals surface area contributed by atoms with Gasteiger partial charge in [0.25, 0.3) is 0 Å². The van der Waals surface area contributed by atoms with Crippen LogP contribution >= 0.6 is 0 Å². The highest BCUT2D eigenvalue weighted by Gasteiger charge is 2.50. The molecular weight excluding hydrogens is 431 g/mol. The zero-order chi connectivity index (χ0) is 23.7. The van der Waals surface area contributed by atoms with Crippen LogP contribution < -0.4 is 5.73 Å². The van der Waals surface area contributed by atoms with E-state index < -0.39 is 43.6 Å². The van der Waals surface area contributed by atoms with Crippen LogP contribution in [-0.2, 0) is 38.6 Å². The summed E-state index contributed by atoms with van der Waals surface area (Å²) in [6.45, 7) is 1.93. The third kappa shape index (κ3) is 4.02. The molecule has 2 aromatic rings. The molecule has 0 aromatic heterocycles. The van der Waals surface area contributed by atoms with Gasteiger partial charge in [0, 0.05) is 0 Å². The number of ether oxygens (including phenoxy) is 2. The summed E-state index contributed by atoms with van der Waals surface area (Å²) in [5, 5.41) is 0. The van der Waals surface area contributed by atoms with E-state index in [1.165, 1.54) is 47.8 Å². The van der Waals surface area contributed by atoms with Crippen molar-refractivity contribution < 1.29 is 31.7 Å². The normalized spacial score (nSPS) is 18.8. The summed E-state index contributed by atoms with van der Waals surface area (Å²) in [6, 6.07) is 14.5. The van der Waals surface area contributed by atoms with E-state index in [0.717, 1.165) is 0 Å². The highest BCUT2D eigenvalue weighted by molar-refractivity contribution is 7.90. The van der Waals surface area contributed by atoms with E-state index in [1.807, 2.05) is 0 Å². The topological polar surface area (TPSA) is 122 Å². The minimum Gasteiger partial charge on any atom is -0.467 e. The molecule has 0 saturated heterocycles. The van der Waals surface area contributed by atoms with Gasteiger partial charge in [0.1, 0.15) is 15.7 Å². The number of carbonyl (C=O) groups is 2. The van der Waals surface area contributed by atoms with E-state index in [-0.39, 0.29) is 6.61 Å². The summed E-state index contributed by atoms with van der Waals surface area (Å²) in [4.78, 5) is 25.0. The molecule has 2 N–H and O–H groups in total. The molecule has 1 aliphatic heterocycles. The first-order valence-electron chi connectivity index (χ1n) is 9.95. The summed E-state index contributed by atoms with van der Waals surface area (Å²) in [6.07, 6.45) is 0. The van der Waals surface area contributed by atoms with Crippen molar-refractivity contribution >= 4 is 45.4 Å². The zero-order valence-electron chi connectivity index (χ0n) is 18.2. The summed E-state index contributed by atoms with van der Waals surface area (Å²) in [5.41, 5.74) is 5.41. The third-order valence-corrected chi connectivity index (χ3v) is 7.28. The number of Topliss-reactive ketones (excluding diaryl/α,β-unsaturated/α-hetero) is 1. The molecule has 1 aliphatic rings. The van der Waals surface area contributed by atoms with Gasteiger partial charge in [0.15, 0.2) is 13.3 Å². The average molecular weight is 453 g/mol. The Morgan fingerprint density at radius 1 is 1.12 bits per heavy atom. The molecule has 0 radical (unpaired) electrons. The first-order valence-corrected chi connectivity index (χ1v) is 11.4. The Morgan fingerprint density at radius 3 is 2.28 bits per heavy atom. The second kappa shape index (κ2) is 8.42. The predicted molar refractivity (Wildman–Crippen MR) is 125 cm³/mol. The maximum absolute atomic E-state index is 13.2. The van der Waals surface area contributed by atoms with Gasteiger partial charge in [-0.15, -0.1) is 0 Å². The van der Waals surface area contributed by atoms with Crippen LogP contribution in [0, 0.1) is 0 Å². The lowest BCUT2D eigenvalue weighted by molar-refractivity contribution is -0.126.